The molecule has 226 valence electrons. The second-order valence-electron chi connectivity index (χ2n) is 9.00. The van der Waals surface area contributed by atoms with Crippen molar-refractivity contribution in [2.24, 2.45) is 5.90 Å². The van der Waals surface area contributed by atoms with Gasteiger partial charge in [-0.2, -0.15) is 0 Å². The number of rotatable bonds is 17. The molecule has 3 aromatic carbocycles. The number of nitrogens with one attached hydrogen (secondary N) is 1. The van der Waals surface area contributed by atoms with Crippen LogP contribution in [0.5, 0.6) is 23.0 Å². The van der Waals surface area contributed by atoms with E-state index in [1.807, 2.05) is 36.4 Å². The summed E-state index contributed by atoms with van der Waals surface area (Å²) in [5.74, 6) is 5.59. The quantitative estimate of drug-likeness (QED) is 0.130. The molecule has 0 unspecified atom stereocenters. The van der Waals surface area contributed by atoms with Gasteiger partial charge in [0.25, 0.3) is 12.4 Å². The second-order valence-corrected chi connectivity index (χ2v) is 9.38. The second kappa shape index (κ2) is 16.9. The molecule has 12 nitrogen and oxygen atoms in total. The summed E-state index contributed by atoms with van der Waals surface area (Å²) < 4.78 is 32.0. The number of methoxy groups -OCH3 is 2. The molecule has 0 heterocycles. The van der Waals surface area contributed by atoms with Gasteiger partial charge in [0, 0.05) is 6.42 Å². The van der Waals surface area contributed by atoms with Crippen LogP contribution in [-0.2, 0) is 36.9 Å². The van der Waals surface area contributed by atoms with E-state index in [9.17, 15) is 14.4 Å². The molecule has 0 saturated heterocycles. The van der Waals surface area contributed by atoms with Gasteiger partial charge in [-0.3, -0.25) is 14.4 Å². The third kappa shape index (κ3) is 9.57. The van der Waals surface area contributed by atoms with E-state index in [1.165, 1.54) is 6.07 Å². The average Bonchev–Trinajstić information content (AvgIpc) is 3.04. The standard InChI is InChI=1S/C28H31B2ClN2O10/c1-37-19-7-3-17(4-8-19)14-39-23-12-11-21(25(31)26(23)40-15-18-5-9-20(38-2)10-6-18)27(35)33-22(28(36)42-29)13-24(43-32)30-41-16-34/h3-12,16,22,24,30H,13-15,29,32H2,1-2H3,(H,33,35)/t22-,24-/m0/s1. The van der Waals surface area contributed by atoms with Gasteiger partial charge in [-0.1, -0.05) is 35.9 Å². The molecule has 2 atom stereocenters. The molecule has 0 aliphatic carbocycles. The first-order valence-electron chi connectivity index (χ1n) is 13.0. The van der Waals surface area contributed by atoms with Gasteiger partial charge in [0.1, 0.15) is 30.8 Å². The Kier molecular flexibility index (Phi) is 13.0. The molecule has 43 heavy (non-hydrogen) atoms. The summed E-state index contributed by atoms with van der Waals surface area (Å²) in [5, 5.41) is 2.52. The van der Waals surface area contributed by atoms with E-state index in [-0.39, 0.29) is 55.7 Å². The van der Waals surface area contributed by atoms with Crippen LogP contribution in [0.15, 0.2) is 60.7 Å². The molecule has 0 bridgehead atoms. The van der Waals surface area contributed by atoms with Crippen LogP contribution in [0, 0.1) is 0 Å². The van der Waals surface area contributed by atoms with Crippen LogP contribution in [0.25, 0.3) is 0 Å². The van der Waals surface area contributed by atoms with Crippen LogP contribution < -0.4 is 30.2 Å². The Labute approximate surface area is 255 Å². The van der Waals surface area contributed by atoms with Crippen molar-refractivity contribution < 1.29 is 47.5 Å². The minimum Gasteiger partial charge on any atom is -0.542 e. The highest BCUT2D eigenvalue weighted by Crippen LogP contribution is 2.39. The topological polar surface area (TPSA) is 154 Å². The number of hydrogen-bond donors (Lipinski definition) is 2. The van der Waals surface area contributed by atoms with Crippen LogP contribution >= 0.6 is 11.6 Å². The lowest BCUT2D eigenvalue weighted by Crippen LogP contribution is -2.46. The van der Waals surface area contributed by atoms with Crippen LogP contribution in [0.2, 0.25) is 5.02 Å². The molecule has 3 N–H and O–H groups in total. The van der Waals surface area contributed by atoms with Gasteiger partial charge in [-0.15, -0.1) is 0 Å². The van der Waals surface area contributed by atoms with Gasteiger partial charge in [-0.05, 0) is 47.5 Å². The van der Waals surface area contributed by atoms with Gasteiger partial charge in [0.2, 0.25) is 0 Å². The number of carbonyl (C=O) groups excluding carboxylic acids is 3. The van der Waals surface area contributed by atoms with Crippen LogP contribution in [0.1, 0.15) is 27.9 Å². The summed E-state index contributed by atoms with van der Waals surface area (Å²) >= 11 is 6.72. The van der Waals surface area contributed by atoms with Crippen molar-refractivity contribution in [1.29, 1.82) is 0 Å². The fourth-order valence-electron chi connectivity index (χ4n) is 3.89. The summed E-state index contributed by atoms with van der Waals surface area (Å²) in [7, 11) is 4.07. The Hall–Kier alpha value is -4.39. The maximum atomic E-state index is 13.3. The van der Waals surface area contributed by atoms with Crippen LogP contribution in [0.3, 0.4) is 0 Å². The van der Waals surface area contributed by atoms with Gasteiger partial charge >= 0.3 is 21.5 Å². The lowest BCUT2D eigenvalue weighted by atomic mass is 9.85. The summed E-state index contributed by atoms with van der Waals surface area (Å²) in [5.41, 5.74) is 1.67. The highest BCUT2D eigenvalue weighted by molar-refractivity contribution is 6.35. The average molecular weight is 613 g/mol. The lowest BCUT2D eigenvalue weighted by Gasteiger charge is -2.21. The maximum absolute atomic E-state index is 13.3. The zero-order valence-electron chi connectivity index (χ0n) is 23.9. The van der Waals surface area contributed by atoms with Crippen molar-refractivity contribution in [1.82, 2.24) is 5.32 Å². The normalized spacial score (nSPS) is 11.8. The minimum atomic E-state index is -1.20. The van der Waals surface area contributed by atoms with E-state index in [1.54, 1.807) is 32.4 Å². The first kappa shape index (κ1) is 33.1. The number of benzene rings is 3. The van der Waals surface area contributed by atoms with E-state index >= 15 is 0 Å². The fourth-order valence-corrected chi connectivity index (χ4v) is 4.18. The van der Waals surface area contributed by atoms with Gasteiger partial charge in [0.05, 0.1) is 30.8 Å². The van der Waals surface area contributed by atoms with Gasteiger partial charge in [-0.25, -0.2) is 5.90 Å². The number of halogens is 1. The monoisotopic (exact) mass is 612 g/mol. The van der Waals surface area contributed by atoms with Gasteiger partial charge in [0.15, 0.2) is 11.5 Å². The molecule has 0 aliphatic heterocycles. The fraction of sp³-hybridized carbons (Fsp3) is 0.250. The largest absolute Gasteiger partial charge is 0.542 e. The molecular formula is C28H31B2ClN2O10. The molecule has 0 aromatic heterocycles. The molecule has 3 rings (SSSR count). The lowest BCUT2D eigenvalue weighted by molar-refractivity contribution is -0.137. The molecular weight excluding hydrogens is 581 g/mol. The van der Waals surface area contributed by atoms with E-state index in [4.69, 9.17) is 45.9 Å². The van der Waals surface area contributed by atoms with Crippen molar-refractivity contribution in [3.8, 4) is 23.0 Å². The molecule has 0 spiro atoms. The van der Waals surface area contributed by atoms with E-state index in [0.29, 0.717) is 11.5 Å². The highest BCUT2D eigenvalue weighted by atomic mass is 35.5. The zero-order valence-corrected chi connectivity index (χ0v) is 24.6. The number of amides is 1. The van der Waals surface area contributed by atoms with Crippen LogP contribution in [0.4, 0.5) is 0 Å². The van der Waals surface area contributed by atoms with E-state index in [2.05, 4.69) is 9.97 Å². The van der Waals surface area contributed by atoms with Crippen molar-refractivity contribution in [3.63, 3.8) is 0 Å². The summed E-state index contributed by atoms with van der Waals surface area (Å²) in [4.78, 5) is 41.1. The molecule has 3 aromatic rings. The number of nitrogens with two attached hydrogens (primary N) is 1. The molecule has 0 aliphatic rings. The van der Waals surface area contributed by atoms with Crippen molar-refractivity contribution in [2.75, 3.05) is 14.2 Å². The molecule has 0 fully saturated rings. The zero-order chi connectivity index (χ0) is 31.2. The highest BCUT2D eigenvalue weighted by Gasteiger charge is 2.29. The summed E-state index contributed by atoms with van der Waals surface area (Å²) in [6.07, 6.45) is -0.149. The van der Waals surface area contributed by atoms with Crippen molar-refractivity contribution >= 4 is 45.5 Å². The maximum Gasteiger partial charge on any atom is 0.374 e. The molecule has 15 heteroatoms. The van der Waals surface area contributed by atoms with Gasteiger partial charge < -0.3 is 38.4 Å². The Morgan fingerprint density at radius 1 is 0.953 bits per heavy atom. The van der Waals surface area contributed by atoms with E-state index < -0.39 is 23.9 Å². The number of carbonyl (C=O) groups is 3. The summed E-state index contributed by atoms with van der Waals surface area (Å²) in [6.45, 7) is 0.493. The van der Waals surface area contributed by atoms with E-state index in [0.717, 1.165) is 19.2 Å². The first-order chi connectivity index (χ1) is 20.8. The third-order valence-corrected chi connectivity index (χ3v) is 6.61. The number of ether oxygens (including phenoxy) is 4. The van der Waals surface area contributed by atoms with Crippen molar-refractivity contribution in [3.05, 3.63) is 82.4 Å². The SMILES string of the molecule is BOC(=O)[C@H](C[C@@H](BOC=O)ON)NC(=O)c1ccc(OCc2ccc(OC)cc2)c(OCc2ccc(OC)cc2)c1Cl. The summed E-state index contributed by atoms with van der Waals surface area (Å²) in [6, 6.07) is 15.4. The first-order valence-corrected chi connectivity index (χ1v) is 13.3. The Bertz CT molecular complexity index is 1360. The molecule has 0 radical (unpaired) electrons. The minimum absolute atomic E-state index is 0.00598. The smallest absolute Gasteiger partial charge is 0.374 e. The Morgan fingerprint density at radius 3 is 2.05 bits per heavy atom. The Morgan fingerprint density at radius 2 is 1.53 bits per heavy atom. The van der Waals surface area contributed by atoms with Crippen LogP contribution in [-0.4, -0.2) is 60.1 Å². The predicted molar refractivity (Wildman–Crippen MR) is 160 cm³/mol. The van der Waals surface area contributed by atoms with Crippen molar-refractivity contribution in [2.45, 2.75) is 31.7 Å². The molecule has 0 saturated carbocycles. The predicted octanol–water partition coefficient (Wildman–Crippen LogP) is 1.84. The third-order valence-electron chi connectivity index (χ3n) is 6.23. The molecule has 1 amide bonds. The Balaban J connectivity index is 1.87. The number of hydrogen-bond acceptors (Lipinski definition) is 11.